The van der Waals surface area contributed by atoms with Crippen LogP contribution in [0.5, 0.6) is 0 Å². The van der Waals surface area contributed by atoms with Gasteiger partial charge in [0.15, 0.2) is 11.5 Å². The van der Waals surface area contributed by atoms with Crippen LogP contribution in [0.1, 0.15) is 20.8 Å². The van der Waals surface area contributed by atoms with Crippen molar-refractivity contribution in [2.75, 3.05) is 11.9 Å². The molecule has 0 aromatic carbocycles. The summed E-state index contributed by atoms with van der Waals surface area (Å²) in [6, 6.07) is -0.379. The van der Waals surface area contributed by atoms with Crippen molar-refractivity contribution in [3.05, 3.63) is 23.2 Å². The van der Waals surface area contributed by atoms with Crippen LogP contribution in [-0.2, 0) is 4.79 Å². The lowest BCUT2D eigenvalue weighted by atomic mass is 10.2. The number of aromatic nitrogens is 3. The van der Waals surface area contributed by atoms with E-state index in [1.54, 1.807) is 13.1 Å². The Hall–Kier alpha value is -1.63. The second-order valence-corrected chi connectivity index (χ2v) is 5.89. The molecular formula is C13H18BrN5O. The summed E-state index contributed by atoms with van der Waals surface area (Å²) in [6.45, 7) is 6.58. The van der Waals surface area contributed by atoms with Crippen molar-refractivity contribution in [3.8, 4) is 0 Å². The van der Waals surface area contributed by atoms with E-state index < -0.39 is 0 Å². The zero-order valence-electron chi connectivity index (χ0n) is 11.7. The lowest BCUT2D eigenvalue weighted by Crippen LogP contribution is -2.39. The predicted octanol–water partition coefficient (Wildman–Crippen LogP) is 2.06. The van der Waals surface area contributed by atoms with E-state index in [9.17, 15) is 4.79 Å². The van der Waals surface area contributed by atoms with Crippen LogP contribution in [0.4, 0.5) is 5.82 Å². The number of imidazole rings is 1. The lowest BCUT2D eigenvalue weighted by Gasteiger charge is -2.16. The molecule has 0 spiro atoms. The van der Waals surface area contributed by atoms with E-state index in [1.807, 2.05) is 16.8 Å². The van der Waals surface area contributed by atoms with E-state index in [-0.39, 0.29) is 11.9 Å². The van der Waals surface area contributed by atoms with Gasteiger partial charge in [-0.3, -0.25) is 4.79 Å². The third-order valence-corrected chi connectivity index (χ3v) is 3.16. The average Bonchev–Trinajstić information content (AvgIpc) is 2.83. The monoisotopic (exact) mass is 339 g/mol. The number of nitrogens with one attached hydrogen (secondary N) is 2. The van der Waals surface area contributed by atoms with E-state index in [0.717, 1.165) is 0 Å². The molecule has 0 aliphatic carbocycles. The van der Waals surface area contributed by atoms with E-state index >= 15 is 0 Å². The summed E-state index contributed by atoms with van der Waals surface area (Å²) in [6.07, 6.45) is 5.34. The molecule has 1 unspecified atom stereocenters. The SMILES string of the molecule is CC(C)CNC(=O)C(C)Nc1nc(Br)cn2ccnc12. The molecule has 0 fully saturated rings. The molecule has 20 heavy (non-hydrogen) atoms. The quantitative estimate of drug-likeness (QED) is 0.874. The third-order valence-electron chi connectivity index (χ3n) is 2.78. The number of fused-ring (bicyclic) bond motifs is 1. The topological polar surface area (TPSA) is 71.3 Å². The summed E-state index contributed by atoms with van der Waals surface area (Å²) < 4.78 is 2.53. The fraction of sp³-hybridized carbons (Fsp3) is 0.462. The Morgan fingerprint density at radius 1 is 1.45 bits per heavy atom. The summed E-state index contributed by atoms with van der Waals surface area (Å²) in [5, 5.41) is 5.99. The second-order valence-electron chi connectivity index (χ2n) is 5.08. The van der Waals surface area contributed by atoms with Crippen LogP contribution in [-0.4, -0.2) is 32.9 Å². The van der Waals surface area contributed by atoms with Crippen LogP contribution in [0, 0.1) is 5.92 Å². The molecule has 0 saturated carbocycles. The summed E-state index contributed by atoms with van der Waals surface area (Å²) in [4.78, 5) is 20.5. The van der Waals surface area contributed by atoms with Gasteiger partial charge in [-0.05, 0) is 28.8 Å². The van der Waals surface area contributed by atoms with Gasteiger partial charge in [0, 0.05) is 25.1 Å². The van der Waals surface area contributed by atoms with E-state index in [2.05, 4.69) is 50.4 Å². The number of rotatable bonds is 5. The van der Waals surface area contributed by atoms with Crippen molar-refractivity contribution >= 4 is 33.3 Å². The number of carbonyl (C=O) groups excluding carboxylic acids is 1. The van der Waals surface area contributed by atoms with Gasteiger partial charge >= 0.3 is 0 Å². The van der Waals surface area contributed by atoms with Gasteiger partial charge in [0.05, 0.1) is 0 Å². The molecule has 108 valence electrons. The summed E-state index contributed by atoms with van der Waals surface area (Å²) in [5.41, 5.74) is 0.691. The molecule has 2 aromatic rings. The lowest BCUT2D eigenvalue weighted by molar-refractivity contribution is -0.121. The van der Waals surface area contributed by atoms with Gasteiger partial charge in [0.1, 0.15) is 10.6 Å². The number of anilines is 1. The maximum Gasteiger partial charge on any atom is 0.242 e. The smallest absolute Gasteiger partial charge is 0.242 e. The van der Waals surface area contributed by atoms with Crippen LogP contribution in [0.15, 0.2) is 23.2 Å². The van der Waals surface area contributed by atoms with Crippen molar-refractivity contribution in [2.24, 2.45) is 5.92 Å². The normalized spacial score (nSPS) is 12.7. The minimum absolute atomic E-state index is 0.0508. The zero-order chi connectivity index (χ0) is 14.7. The Bertz CT molecular complexity index is 610. The number of carbonyl (C=O) groups is 1. The third kappa shape index (κ3) is 3.47. The highest BCUT2D eigenvalue weighted by Crippen LogP contribution is 2.17. The maximum atomic E-state index is 12.0. The molecule has 0 radical (unpaired) electrons. The Kier molecular flexibility index (Phi) is 4.59. The highest BCUT2D eigenvalue weighted by Gasteiger charge is 2.15. The molecule has 6 nitrogen and oxygen atoms in total. The first kappa shape index (κ1) is 14.8. The van der Waals surface area contributed by atoms with Gasteiger partial charge in [-0.1, -0.05) is 13.8 Å². The first-order valence-corrected chi connectivity index (χ1v) is 7.30. The molecule has 2 rings (SSSR count). The molecule has 0 bridgehead atoms. The first-order chi connectivity index (χ1) is 9.47. The van der Waals surface area contributed by atoms with Crippen LogP contribution in [0.2, 0.25) is 0 Å². The molecule has 7 heteroatoms. The number of nitrogens with zero attached hydrogens (tertiary/aromatic N) is 3. The van der Waals surface area contributed by atoms with Crippen molar-refractivity contribution in [2.45, 2.75) is 26.8 Å². The summed E-state index contributed by atoms with van der Waals surface area (Å²) in [5.74, 6) is 0.955. The number of hydrogen-bond acceptors (Lipinski definition) is 4. The van der Waals surface area contributed by atoms with E-state index in [0.29, 0.717) is 28.5 Å². The molecule has 2 N–H and O–H groups in total. The van der Waals surface area contributed by atoms with Crippen molar-refractivity contribution < 1.29 is 4.79 Å². The van der Waals surface area contributed by atoms with Gasteiger partial charge in [-0.2, -0.15) is 0 Å². The molecule has 2 heterocycles. The first-order valence-electron chi connectivity index (χ1n) is 6.51. The highest BCUT2D eigenvalue weighted by molar-refractivity contribution is 9.10. The second kappa shape index (κ2) is 6.21. The molecule has 1 amide bonds. The van der Waals surface area contributed by atoms with Gasteiger partial charge < -0.3 is 15.0 Å². The molecule has 0 saturated heterocycles. The molecule has 1 atom stereocenters. The largest absolute Gasteiger partial charge is 0.356 e. The van der Waals surface area contributed by atoms with Crippen molar-refractivity contribution in [3.63, 3.8) is 0 Å². The standard InChI is InChI=1S/C13H18BrN5O/c1-8(2)6-16-13(20)9(3)17-11-12-15-4-5-19(12)7-10(14)18-11/h4-5,7-9H,6H2,1-3H3,(H,16,20)(H,17,18). The Morgan fingerprint density at radius 3 is 2.90 bits per heavy atom. The highest BCUT2D eigenvalue weighted by atomic mass is 79.9. The van der Waals surface area contributed by atoms with E-state index in [1.165, 1.54) is 0 Å². The molecular weight excluding hydrogens is 322 g/mol. The Balaban J connectivity index is 2.11. The fourth-order valence-corrected chi connectivity index (χ4v) is 2.12. The van der Waals surface area contributed by atoms with Gasteiger partial charge in [-0.25, -0.2) is 9.97 Å². The minimum Gasteiger partial charge on any atom is -0.356 e. The predicted molar refractivity (Wildman–Crippen MR) is 81.6 cm³/mol. The Morgan fingerprint density at radius 2 is 2.20 bits per heavy atom. The van der Waals surface area contributed by atoms with Crippen LogP contribution >= 0.6 is 15.9 Å². The van der Waals surface area contributed by atoms with E-state index in [4.69, 9.17) is 0 Å². The minimum atomic E-state index is -0.379. The molecule has 0 aliphatic heterocycles. The van der Waals surface area contributed by atoms with Crippen LogP contribution in [0.3, 0.4) is 0 Å². The average molecular weight is 340 g/mol. The summed E-state index contributed by atoms with van der Waals surface area (Å²) in [7, 11) is 0. The maximum absolute atomic E-state index is 12.0. The number of halogens is 1. The van der Waals surface area contributed by atoms with Gasteiger partial charge in [0.25, 0.3) is 0 Å². The molecule has 2 aromatic heterocycles. The molecule has 0 aliphatic rings. The zero-order valence-corrected chi connectivity index (χ0v) is 13.3. The van der Waals surface area contributed by atoms with Crippen molar-refractivity contribution in [1.29, 1.82) is 0 Å². The van der Waals surface area contributed by atoms with Crippen molar-refractivity contribution in [1.82, 2.24) is 19.7 Å². The van der Waals surface area contributed by atoms with Gasteiger partial charge in [0.2, 0.25) is 5.91 Å². The fourth-order valence-electron chi connectivity index (χ4n) is 1.73. The number of hydrogen-bond donors (Lipinski definition) is 2. The summed E-state index contributed by atoms with van der Waals surface area (Å²) >= 11 is 3.34. The van der Waals surface area contributed by atoms with Gasteiger partial charge in [-0.15, -0.1) is 0 Å². The van der Waals surface area contributed by atoms with Crippen LogP contribution < -0.4 is 10.6 Å². The number of amides is 1. The Labute approximate surface area is 126 Å². The van der Waals surface area contributed by atoms with Crippen LogP contribution in [0.25, 0.3) is 5.65 Å².